The van der Waals surface area contributed by atoms with Crippen LogP contribution in [-0.4, -0.2) is 28.9 Å². The lowest BCUT2D eigenvalue weighted by Gasteiger charge is -2.34. The normalized spacial score (nSPS) is 34.7. The van der Waals surface area contributed by atoms with Gasteiger partial charge < -0.3 is 9.47 Å². The van der Waals surface area contributed by atoms with Gasteiger partial charge in [-0.1, -0.05) is 0 Å². The third-order valence-corrected chi connectivity index (χ3v) is 3.78. The van der Waals surface area contributed by atoms with E-state index in [1.165, 1.54) is 0 Å². The summed E-state index contributed by atoms with van der Waals surface area (Å²) in [5, 5.41) is 0. The van der Waals surface area contributed by atoms with Gasteiger partial charge in [0.25, 0.3) is 0 Å². The summed E-state index contributed by atoms with van der Waals surface area (Å²) in [5.41, 5.74) is -1.36. The zero-order chi connectivity index (χ0) is 14.4. The quantitative estimate of drug-likeness (QED) is 0.534. The monoisotopic (exact) mass is 268 g/mol. The van der Waals surface area contributed by atoms with E-state index in [4.69, 9.17) is 9.47 Å². The van der Waals surface area contributed by atoms with E-state index in [0.29, 0.717) is 12.8 Å². The third kappa shape index (κ3) is 2.65. The highest BCUT2D eigenvalue weighted by atomic mass is 16.6. The van der Waals surface area contributed by atoms with E-state index in [0.717, 1.165) is 0 Å². The fraction of sp³-hybridized carbons (Fsp3) is 0.786. The molecule has 0 amide bonds. The molecule has 5 heteroatoms. The second kappa shape index (κ2) is 4.32. The molecule has 0 radical (unpaired) electrons. The average molecular weight is 268 g/mol. The maximum Gasteiger partial charge on any atom is 0.321 e. The van der Waals surface area contributed by atoms with Gasteiger partial charge in [0, 0.05) is 18.8 Å². The number of hydrogen-bond acceptors (Lipinski definition) is 5. The van der Waals surface area contributed by atoms with Gasteiger partial charge in [0.15, 0.2) is 5.92 Å². The Labute approximate surface area is 112 Å². The number of fused-ring (bicyclic) bond motifs is 1. The van der Waals surface area contributed by atoms with Crippen molar-refractivity contribution >= 4 is 17.7 Å². The first kappa shape index (κ1) is 14.0. The van der Waals surface area contributed by atoms with Crippen LogP contribution in [0, 0.1) is 11.8 Å². The number of esters is 2. The summed E-state index contributed by atoms with van der Waals surface area (Å²) >= 11 is 0. The minimum Gasteiger partial charge on any atom is -0.459 e. The van der Waals surface area contributed by atoms with Crippen molar-refractivity contribution in [1.29, 1.82) is 0 Å². The molecule has 1 aliphatic heterocycles. The Morgan fingerprint density at radius 1 is 1.37 bits per heavy atom. The maximum absolute atomic E-state index is 12.1. The van der Waals surface area contributed by atoms with Gasteiger partial charge in [-0.2, -0.15) is 0 Å². The summed E-state index contributed by atoms with van der Waals surface area (Å²) in [6, 6.07) is 0. The molecule has 1 saturated carbocycles. The Balaban J connectivity index is 2.22. The van der Waals surface area contributed by atoms with Crippen molar-refractivity contribution in [3.63, 3.8) is 0 Å². The van der Waals surface area contributed by atoms with Crippen molar-refractivity contribution in [2.45, 2.75) is 58.2 Å². The highest BCUT2D eigenvalue weighted by Gasteiger charge is 2.58. The molecule has 2 rings (SSSR count). The zero-order valence-electron chi connectivity index (χ0n) is 11.8. The van der Waals surface area contributed by atoms with E-state index in [1.54, 1.807) is 27.7 Å². The van der Waals surface area contributed by atoms with Crippen LogP contribution < -0.4 is 0 Å². The molecule has 19 heavy (non-hydrogen) atoms. The second-order valence-corrected chi connectivity index (χ2v) is 6.59. The van der Waals surface area contributed by atoms with Crippen LogP contribution >= 0.6 is 0 Å². The van der Waals surface area contributed by atoms with Crippen LogP contribution in [0.5, 0.6) is 0 Å². The SMILES string of the molecule is CC(C)(C)OC(=O)C1C(=O)O[C@]2(C)CCC(=O)C[C@H]12. The Hall–Kier alpha value is -1.39. The van der Waals surface area contributed by atoms with Crippen LogP contribution in [-0.2, 0) is 23.9 Å². The molecule has 0 aromatic rings. The van der Waals surface area contributed by atoms with Crippen LogP contribution in [0.15, 0.2) is 0 Å². The molecule has 0 spiro atoms. The molecule has 106 valence electrons. The number of carbonyl (C=O) groups is 3. The lowest BCUT2D eigenvalue weighted by atomic mass is 9.72. The largest absolute Gasteiger partial charge is 0.459 e. The van der Waals surface area contributed by atoms with Crippen LogP contribution in [0.2, 0.25) is 0 Å². The molecule has 1 heterocycles. The molecule has 3 atom stereocenters. The molecule has 0 bridgehead atoms. The molecule has 1 unspecified atom stereocenters. The number of hydrogen-bond donors (Lipinski definition) is 0. The van der Waals surface area contributed by atoms with Gasteiger partial charge in [-0.3, -0.25) is 14.4 Å². The lowest BCUT2D eigenvalue weighted by Crippen LogP contribution is -2.42. The number of ketones is 1. The Morgan fingerprint density at radius 2 is 2.00 bits per heavy atom. The number of ether oxygens (including phenoxy) is 2. The van der Waals surface area contributed by atoms with Gasteiger partial charge in [-0.15, -0.1) is 0 Å². The van der Waals surface area contributed by atoms with Crippen molar-refractivity contribution in [3.8, 4) is 0 Å². The van der Waals surface area contributed by atoms with Crippen LogP contribution in [0.4, 0.5) is 0 Å². The minimum absolute atomic E-state index is 0.0781. The van der Waals surface area contributed by atoms with Gasteiger partial charge in [-0.25, -0.2) is 0 Å². The van der Waals surface area contributed by atoms with E-state index in [-0.39, 0.29) is 12.2 Å². The van der Waals surface area contributed by atoms with E-state index in [2.05, 4.69) is 0 Å². The summed E-state index contributed by atoms with van der Waals surface area (Å²) in [7, 11) is 0. The van der Waals surface area contributed by atoms with Gasteiger partial charge in [-0.05, 0) is 34.1 Å². The van der Waals surface area contributed by atoms with Crippen LogP contribution in [0.25, 0.3) is 0 Å². The highest BCUT2D eigenvalue weighted by Crippen LogP contribution is 2.46. The zero-order valence-corrected chi connectivity index (χ0v) is 11.8. The predicted molar refractivity (Wildman–Crippen MR) is 66.2 cm³/mol. The Bertz CT molecular complexity index is 434. The first-order valence-corrected chi connectivity index (χ1v) is 6.60. The van der Waals surface area contributed by atoms with Crippen LogP contribution in [0.1, 0.15) is 47.0 Å². The molecule has 5 nitrogen and oxygen atoms in total. The average Bonchev–Trinajstić information content (AvgIpc) is 2.46. The number of carbonyl (C=O) groups excluding carboxylic acids is 3. The standard InChI is InChI=1S/C14H20O5/c1-13(2,3)18-11(16)10-9-7-8(15)5-6-14(9,4)19-12(10)17/h9-10H,5-7H2,1-4H3/t9-,10?,14-/m1/s1. The van der Waals surface area contributed by atoms with Gasteiger partial charge in [0.05, 0.1) is 0 Å². The molecule has 0 aromatic heterocycles. The molecular weight excluding hydrogens is 248 g/mol. The first-order chi connectivity index (χ1) is 8.62. The van der Waals surface area contributed by atoms with Gasteiger partial charge in [0.2, 0.25) is 0 Å². The number of rotatable bonds is 1. The Morgan fingerprint density at radius 3 is 2.58 bits per heavy atom. The van der Waals surface area contributed by atoms with Crippen molar-refractivity contribution in [2.24, 2.45) is 11.8 Å². The molecular formula is C14H20O5. The Kier molecular flexibility index (Phi) is 3.19. The van der Waals surface area contributed by atoms with E-state index >= 15 is 0 Å². The van der Waals surface area contributed by atoms with E-state index < -0.39 is 35.0 Å². The fourth-order valence-electron chi connectivity index (χ4n) is 2.82. The summed E-state index contributed by atoms with van der Waals surface area (Å²) in [4.78, 5) is 35.7. The molecule has 2 fully saturated rings. The van der Waals surface area contributed by atoms with Crippen LogP contribution in [0.3, 0.4) is 0 Å². The molecule has 1 saturated heterocycles. The predicted octanol–water partition coefficient (Wildman–Crippen LogP) is 1.63. The summed E-state index contributed by atoms with van der Waals surface area (Å²) < 4.78 is 10.6. The molecule has 1 aliphatic carbocycles. The minimum atomic E-state index is -0.964. The van der Waals surface area contributed by atoms with Crippen molar-refractivity contribution in [2.75, 3.05) is 0 Å². The van der Waals surface area contributed by atoms with Crippen molar-refractivity contribution in [3.05, 3.63) is 0 Å². The molecule has 2 aliphatic rings. The molecule has 0 aromatic carbocycles. The number of Topliss-reactive ketones (excluding diaryl/α,β-unsaturated/α-hetero) is 1. The maximum atomic E-state index is 12.1. The molecule has 0 N–H and O–H groups in total. The second-order valence-electron chi connectivity index (χ2n) is 6.59. The summed E-state index contributed by atoms with van der Waals surface area (Å²) in [5.74, 6) is -2.42. The fourth-order valence-corrected chi connectivity index (χ4v) is 2.82. The topological polar surface area (TPSA) is 69.7 Å². The van der Waals surface area contributed by atoms with E-state index in [9.17, 15) is 14.4 Å². The summed E-state index contributed by atoms with van der Waals surface area (Å²) in [6.07, 6.45) is 1.11. The third-order valence-electron chi connectivity index (χ3n) is 3.78. The van der Waals surface area contributed by atoms with E-state index in [1.807, 2.05) is 0 Å². The van der Waals surface area contributed by atoms with Gasteiger partial charge >= 0.3 is 11.9 Å². The highest BCUT2D eigenvalue weighted by molar-refractivity contribution is 5.98. The van der Waals surface area contributed by atoms with Gasteiger partial charge in [0.1, 0.15) is 17.0 Å². The summed E-state index contributed by atoms with van der Waals surface area (Å²) in [6.45, 7) is 7.04. The van der Waals surface area contributed by atoms with Crippen molar-refractivity contribution in [1.82, 2.24) is 0 Å². The van der Waals surface area contributed by atoms with Crippen molar-refractivity contribution < 1.29 is 23.9 Å². The lowest BCUT2D eigenvalue weighted by molar-refractivity contribution is -0.165. The first-order valence-electron chi connectivity index (χ1n) is 6.60. The smallest absolute Gasteiger partial charge is 0.321 e.